The van der Waals surface area contributed by atoms with Gasteiger partial charge in [-0.1, -0.05) is 61.7 Å². The molecule has 1 saturated carbocycles. The highest BCUT2D eigenvalue weighted by molar-refractivity contribution is 5.90. The van der Waals surface area contributed by atoms with Crippen molar-refractivity contribution in [2.75, 3.05) is 11.9 Å². The Balaban J connectivity index is 1.54. The highest BCUT2D eigenvalue weighted by atomic mass is 16.5. The molecule has 1 fully saturated rings. The molecule has 1 aromatic heterocycles. The number of amides is 2. The highest BCUT2D eigenvalue weighted by Gasteiger charge is 2.33. The molecule has 1 unspecified atom stereocenters. The van der Waals surface area contributed by atoms with Crippen LogP contribution < -0.4 is 15.6 Å². The SMILES string of the molecule is CCOc1ccc(NC(=O)N(C2CCCCC2)C(C)c2nc3ccccc3c(=O)n2Cc2ccccc2)cc1. The maximum absolute atomic E-state index is 13.9. The number of aromatic nitrogens is 2. The number of nitrogens with one attached hydrogen (secondary N) is 1. The molecule has 0 spiro atoms. The molecule has 5 rings (SSSR count). The summed E-state index contributed by atoms with van der Waals surface area (Å²) < 4.78 is 7.29. The fourth-order valence-corrected chi connectivity index (χ4v) is 5.55. The lowest BCUT2D eigenvalue weighted by molar-refractivity contribution is 0.134. The van der Waals surface area contributed by atoms with E-state index in [1.165, 1.54) is 6.42 Å². The van der Waals surface area contributed by atoms with Crippen LogP contribution in [-0.4, -0.2) is 33.1 Å². The Morgan fingerprint density at radius 3 is 2.41 bits per heavy atom. The maximum atomic E-state index is 13.9. The van der Waals surface area contributed by atoms with E-state index in [1.54, 1.807) is 4.57 Å². The number of nitrogens with zero attached hydrogens (tertiary/aromatic N) is 3. The summed E-state index contributed by atoms with van der Waals surface area (Å²) in [5.41, 5.74) is 2.25. The number of para-hydroxylation sites is 1. The molecule has 4 aromatic rings. The molecule has 0 aliphatic heterocycles. The quantitative estimate of drug-likeness (QED) is 0.276. The van der Waals surface area contributed by atoms with E-state index < -0.39 is 6.04 Å². The maximum Gasteiger partial charge on any atom is 0.322 e. The zero-order chi connectivity index (χ0) is 27.2. The van der Waals surface area contributed by atoms with Gasteiger partial charge in [0, 0.05) is 11.7 Å². The number of carbonyl (C=O) groups is 1. The van der Waals surface area contributed by atoms with Crippen LogP contribution in [0, 0.1) is 0 Å². The summed E-state index contributed by atoms with van der Waals surface area (Å²) in [6.07, 6.45) is 5.18. The largest absolute Gasteiger partial charge is 0.494 e. The van der Waals surface area contributed by atoms with Gasteiger partial charge in [0.25, 0.3) is 5.56 Å². The first-order valence-corrected chi connectivity index (χ1v) is 13.9. The summed E-state index contributed by atoms with van der Waals surface area (Å²) in [6, 6.07) is 24.2. The number of benzene rings is 3. The predicted molar refractivity (Wildman–Crippen MR) is 155 cm³/mol. The van der Waals surface area contributed by atoms with Crippen LogP contribution in [0.3, 0.4) is 0 Å². The minimum Gasteiger partial charge on any atom is -0.494 e. The van der Waals surface area contributed by atoms with Gasteiger partial charge in [-0.2, -0.15) is 0 Å². The van der Waals surface area contributed by atoms with Gasteiger partial charge in [0.2, 0.25) is 0 Å². The van der Waals surface area contributed by atoms with Crippen molar-refractivity contribution in [3.8, 4) is 5.75 Å². The Morgan fingerprint density at radius 2 is 1.69 bits per heavy atom. The van der Waals surface area contributed by atoms with Gasteiger partial charge in [-0.3, -0.25) is 9.36 Å². The smallest absolute Gasteiger partial charge is 0.322 e. The second-order valence-corrected chi connectivity index (χ2v) is 10.1. The molecule has 1 aliphatic rings. The number of hydrogen-bond acceptors (Lipinski definition) is 4. The fraction of sp³-hybridized carbons (Fsp3) is 0.344. The molecule has 0 bridgehead atoms. The zero-order valence-corrected chi connectivity index (χ0v) is 22.7. The van der Waals surface area contributed by atoms with E-state index in [0.29, 0.717) is 35.6 Å². The van der Waals surface area contributed by atoms with Crippen molar-refractivity contribution in [3.05, 3.63) is 101 Å². The van der Waals surface area contributed by atoms with Gasteiger partial charge in [0.05, 0.1) is 30.1 Å². The van der Waals surface area contributed by atoms with Gasteiger partial charge >= 0.3 is 6.03 Å². The summed E-state index contributed by atoms with van der Waals surface area (Å²) >= 11 is 0. The van der Waals surface area contributed by atoms with Crippen molar-refractivity contribution in [2.45, 2.75) is 64.6 Å². The van der Waals surface area contributed by atoms with Crippen molar-refractivity contribution in [1.82, 2.24) is 14.5 Å². The van der Waals surface area contributed by atoms with Crippen LogP contribution in [-0.2, 0) is 6.54 Å². The summed E-state index contributed by atoms with van der Waals surface area (Å²) in [6.45, 7) is 4.90. The van der Waals surface area contributed by atoms with E-state index in [9.17, 15) is 9.59 Å². The average Bonchev–Trinajstić information content (AvgIpc) is 2.97. The van der Waals surface area contributed by atoms with Gasteiger partial charge in [-0.25, -0.2) is 9.78 Å². The second kappa shape index (κ2) is 12.2. The molecule has 2 amide bonds. The van der Waals surface area contributed by atoms with Gasteiger partial charge in [0.15, 0.2) is 0 Å². The number of anilines is 1. The lowest BCUT2D eigenvalue weighted by Gasteiger charge is -2.39. The van der Waals surface area contributed by atoms with E-state index in [-0.39, 0.29) is 17.6 Å². The Labute approximate surface area is 229 Å². The van der Waals surface area contributed by atoms with E-state index in [1.807, 2.05) is 97.6 Å². The standard InChI is InChI=1S/C32H36N4O3/c1-3-39-27-20-18-25(19-21-27)33-32(38)36(26-14-8-5-9-15-26)23(2)30-34-29-17-11-10-16-28(29)31(37)35(30)22-24-12-6-4-7-13-24/h4,6-7,10-13,16-21,23,26H,3,5,8-9,14-15,22H2,1-2H3,(H,33,38). The molecule has 39 heavy (non-hydrogen) atoms. The number of carbonyl (C=O) groups excluding carboxylic acids is 1. The van der Waals surface area contributed by atoms with E-state index in [0.717, 1.165) is 37.0 Å². The number of fused-ring (bicyclic) bond motifs is 1. The summed E-state index contributed by atoms with van der Waals surface area (Å²) in [5, 5.41) is 3.67. The topological polar surface area (TPSA) is 76.5 Å². The van der Waals surface area contributed by atoms with Crippen LogP contribution in [0.5, 0.6) is 5.75 Å². The monoisotopic (exact) mass is 524 g/mol. The van der Waals surface area contributed by atoms with Gasteiger partial charge in [0.1, 0.15) is 11.6 Å². The lowest BCUT2D eigenvalue weighted by atomic mass is 9.93. The third-order valence-electron chi connectivity index (χ3n) is 7.48. The van der Waals surface area contributed by atoms with Crippen LogP contribution in [0.25, 0.3) is 10.9 Å². The van der Waals surface area contributed by atoms with E-state index in [2.05, 4.69) is 5.32 Å². The second-order valence-electron chi connectivity index (χ2n) is 10.1. The zero-order valence-electron chi connectivity index (χ0n) is 22.7. The Hall–Kier alpha value is -4.13. The normalized spacial score (nSPS) is 14.6. The summed E-state index contributed by atoms with van der Waals surface area (Å²) in [5.74, 6) is 1.35. The van der Waals surface area contributed by atoms with Crippen molar-refractivity contribution in [1.29, 1.82) is 0 Å². The fourth-order valence-electron chi connectivity index (χ4n) is 5.55. The van der Waals surface area contributed by atoms with Gasteiger partial charge < -0.3 is 15.0 Å². The Kier molecular flexibility index (Phi) is 8.25. The van der Waals surface area contributed by atoms with Crippen LogP contribution in [0.4, 0.5) is 10.5 Å². The highest BCUT2D eigenvalue weighted by Crippen LogP contribution is 2.31. The minimum atomic E-state index is -0.420. The molecule has 1 atom stereocenters. The summed E-state index contributed by atoms with van der Waals surface area (Å²) in [4.78, 5) is 34.6. The number of ether oxygens (including phenoxy) is 1. The first-order valence-electron chi connectivity index (χ1n) is 13.9. The third kappa shape index (κ3) is 5.98. The van der Waals surface area contributed by atoms with Crippen molar-refractivity contribution in [2.24, 2.45) is 0 Å². The van der Waals surface area contributed by atoms with E-state index >= 15 is 0 Å². The molecular weight excluding hydrogens is 488 g/mol. The van der Waals surface area contributed by atoms with Crippen LogP contribution in [0.1, 0.15) is 63.4 Å². The van der Waals surface area contributed by atoms with Crippen molar-refractivity contribution in [3.63, 3.8) is 0 Å². The number of hydrogen-bond donors (Lipinski definition) is 1. The van der Waals surface area contributed by atoms with Crippen molar-refractivity contribution >= 4 is 22.6 Å². The first kappa shape index (κ1) is 26.5. The molecule has 1 heterocycles. The molecule has 0 radical (unpaired) electrons. The number of rotatable bonds is 8. The number of urea groups is 1. The Morgan fingerprint density at radius 1 is 1.00 bits per heavy atom. The van der Waals surface area contributed by atoms with E-state index in [4.69, 9.17) is 9.72 Å². The average molecular weight is 525 g/mol. The minimum absolute atomic E-state index is 0.0602. The third-order valence-corrected chi connectivity index (χ3v) is 7.48. The van der Waals surface area contributed by atoms with Crippen LogP contribution >= 0.6 is 0 Å². The molecule has 7 nitrogen and oxygen atoms in total. The molecule has 202 valence electrons. The molecule has 1 N–H and O–H groups in total. The van der Waals surface area contributed by atoms with Gasteiger partial charge in [-0.05, 0) is 68.7 Å². The molecular formula is C32H36N4O3. The molecule has 0 saturated heterocycles. The van der Waals surface area contributed by atoms with Gasteiger partial charge in [-0.15, -0.1) is 0 Å². The predicted octanol–water partition coefficient (Wildman–Crippen LogP) is 6.77. The Bertz CT molecular complexity index is 1460. The van der Waals surface area contributed by atoms with Crippen molar-refractivity contribution < 1.29 is 9.53 Å². The molecule has 7 heteroatoms. The summed E-state index contributed by atoms with van der Waals surface area (Å²) in [7, 11) is 0. The first-order chi connectivity index (χ1) is 19.0. The molecule has 1 aliphatic carbocycles. The molecule has 3 aromatic carbocycles. The van der Waals surface area contributed by atoms with Crippen LogP contribution in [0.15, 0.2) is 83.7 Å². The van der Waals surface area contributed by atoms with Crippen LogP contribution in [0.2, 0.25) is 0 Å². The lowest BCUT2D eigenvalue weighted by Crippen LogP contribution is -2.47.